The zero-order valence-corrected chi connectivity index (χ0v) is 18.3. The normalized spacial score (nSPS) is 11.4. The first-order valence-corrected chi connectivity index (χ1v) is 11.3. The lowest BCUT2D eigenvalue weighted by Crippen LogP contribution is -2.18. The summed E-state index contributed by atoms with van der Waals surface area (Å²) in [4.78, 5) is 14.8. The van der Waals surface area contributed by atoms with Crippen LogP contribution in [-0.2, 0) is 10.0 Å². The van der Waals surface area contributed by atoms with Gasteiger partial charge in [0.05, 0.1) is 18.2 Å². The minimum atomic E-state index is -3.78. The summed E-state index contributed by atoms with van der Waals surface area (Å²) < 4.78 is 35.8. The molecule has 29 heavy (non-hydrogen) atoms. The topological polar surface area (TPSA) is 94.1 Å². The first-order chi connectivity index (χ1) is 13.9. The maximum absolute atomic E-state index is 12.2. The third-order valence-electron chi connectivity index (χ3n) is 3.62. The molecule has 0 fully saturated rings. The van der Waals surface area contributed by atoms with Crippen LogP contribution >= 0.6 is 27.3 Å². The zero-order valence-electron chi connectivity index (χ0n) is 15.0. The van der Waals surface area contributed by atoms with Gasteiger partial charge in [0.15, 0.2) is 11.5 Å². The SMILES string of the molecule is COc1cc(C=NNS(=O)(=O)c2ccc(Br)cc2)ccc1OC(=O)c1cccs1. The number of nitrogens with zero attached hydrogens (tertiary/aromatic N) is 1. The van der Waals surface area contributed by atoms with Crippen molar-refractivity contribution < 1.29 is 22.7 Å². The molecule has 0 bridgehead atoms. The second-order valence-electron chi connectivity index (χ2n) is 5.58. The first-order valence-electron chi connectivity index (χ1n) is 8.13. The van der Waals surface area contributed by atoms with E-state index in [1.165, 1.54) is 36.8 Å². The van der Waals surface area contributed by atoms with Crippen LogP contribution in [0.2, 0.25) is 0 Å². The second-order valence-corrected chi connectivity index (χ2v) is 9.11. The van der Waals surface area contributed by atoms with Gasteiger partial charge in [0, 0.05) is 4.47 Å². The summed E-state index contributed by atoms with van der Waals surface area (Å²) in [6.45, 7) is 0. The highest BCUT2D eigenvalue weighted by Crippen LogP contribution is 2.29. The predicted molar refractivity (Wildman–Crippen MR) is 114 cm³/mol. The van der Waals surface area contributed by atoms with Gasteiger partial charge in [0.2, 0.25) is 0 Å². The van der Waals surface area contributed by atoms with Crippen LogP contribution in [0.25, 0.3) is 0 Å². The molecule has 0 atom stereocenters. The summed E-state index contributed by atoms with van der Waals surface area (Å²) in [6, 6.07) is 14.3. The van der Waals surface area contributed by atoms with E-state index in [-0.39, 0.29) is 10.6 Å². The van der Waals surface area contributed by atoms with Gasteiger partial charge < -0.3 is 9.47 Å². The molecule has 0 aliphatic heterocycles. The van der Waals surface area contributed by atoms with Crippen molar-refractivity contribution >= 4 is 49.5 Å². The van der Waals surface area contributed by atoms with Gasteiger partial charge in [-0.25, -0.2) is 9.63 Å². The maximum Gasteiger partial charge on any atom is 0.353 e. The summed E-state index contributed by atoms with van der Waals surface area (Å²) >= 11 is 4.53. The van der Waals surface area contributed by atoms with E-state index < -0.39 is 16.0 Å². The molecule has 0 aliphatic rings. The van der Waals surface area contributed by atoms with Crippen molar-refractivity contribution in [1.82, 2.24) is 4.83 Å². The van der Waals surface area contributed by atoms with Crippen LogP contribution < -0.4 is 14.3 Å². The first kappa shape index (κ1) is 21.0. The molecule has 1 heterocycles. The smallest absolute Gasteiger partial charge is 0.353 e. The Morgan fingerprint density at radius 2 is 1.90 bits per heavy atom. The van der Waals surface area contributed by atoms with Gasteiger partial charge in [-0.2, -0.15) is 13.5 Å². The van der Waals surface area contributed by atoms with E-state index in [9.17, 15) is 13.2 Å². The lowest BCUT2D eigenvalue weighted by molar-refractivity contribution is 0.0735. The average Bonchev–Trinajstić information content (AvgIpc) is 3.24. The highest BCUT2D eigenvalue weighted by atomic mass is 79.9. The fourth-order valence-corrected chi connectivity index (χ4v) is 3.88. The standard InChI is InChI=1S/C19H15BrN2O5S2/c1-26-17-11-13(4-9-16(17)27-19(23)18-3-2-10-28-18)12-21-22-29(24,25)15-7-5-14(20)6-8-15/h2-12,22H,1H3. The number of halogens is 1. The average molecular weight is 495 g/mol. The van der Waals surface area contributed by atoms with Crippen LogP contribution in [0.15, 0.2) is 74.4 Å². The number of benzene rings is 2. The van der Waals surface area contributed by atoms with Crippen LogP contribution in [0, 0.1) is 0 Å². The van der Waals surface area contributed by atoms with Crippen molar-refractivity contribution in [2.45, 2.75) is 4.90 Å². The van der Waals surface area contributed by atoms with E-state index in [2.05, 4.69) is 25.9 Å². The Morgan fingerprint density at radius 3 is 2.55 bits per heavy atom. The quantitative estimate of drug-likeness (QED) is 0.231. The minimum absolute atomic E-state index is 0.0891. The van der Waals surface area contributed by atoms with Gasteiger partial charge in [-0.1, -0.05) is 22.0 Å². The molecule has 1 N–H and O–H groups in total. The van der Waals surface area contributed by atoms with Gasteiger partial charge >= 0.3 is 5.97 Å². The molecule has 0 saturated carbocycles. The summed E-state index contributed by atoms with van der Waals surface area (Å²) in [6.07, 6.45) is 1.32. The number of thiophene rings is 1. The van der Waals surface area contributed by atoms with Crippen molar-refractivity contribution in [2.75, 3.05) is 7.11 Å². The van der Waals surface area contributed by atoms with Crippen LogP contribution in [0.1, 0.15) is 15.2 Å². The fraction of sp³-hybridized carbons (Fsp3) is 0.0526. The van der Waals surface area contributed by atoms with Crippen LogP contribution in [0.3, 0.4) is 0 Å². The number of hydrazone groups is 1. The van der Waals surface area contributed by atoms with E-state index in [1.54, 1.807) is 47.8 Å². The predicted octanol–water partition coefficient (Wildman–Crippen LogP) is 4.05. The van der Waals surface area contributed by atoms with E-state index in [0.717, 1.165) is 4.47 Å². The molecule has 7 nitrogen and oxygen atoms in total. The summed E-state index contributed by atoms with van der Waals surface area (Å²) in [5, 5.41) is 5.56. The van der Waals surface area contributed by atoms with Crippen molar-refractivity contribution in [2.24, 2.45) is 5.10 Å². The molecule has 3 aromatic rings. The molecule has 0 amide bonds. The summed E-state index contributed by atoms with van der Waals surface area (Å²) in [7, 11) is -2.34. The van der Waals surface area contributed by atoms with Gasteiger partial charge in [-0.05, 0) is 59.5 Å². The van der Waals surface area contributed by atoms with Crippen LogP contribution in [-0.4, -0.2) is 27.7 Å². The number of hydrogen-bond donors (Lipinski definition) is 1. The van der Waals surface area contributed by atoms with Crippen molar-refractivity contribution in [1.29, 1.82) is 0 Å². The summed E-state index contributed by atoms with van der Waals surface area (Å²) in [5.41, 5.74) is 0.552. The molecule has 1 aromatic heterocycles. The third kappa shape index (κ3) is 5.43. The van der Waals surface area contributed by atoms with Crippen molar-refractivity contribution in [3.63, 3.8) is 0 Å². The van der Waals surface area contributed by atoms with Gasteiger partial charge in [-0.15, -0.1) is 11.3 Å². The highest BCUT2D eigenvalue weighted by Gasteiger charge is 2.14. The van der Waals surface area contributed by atoms with Gasteiger partial charge in [0.25, 0.3) is 10.0 Å². The van der Waals surface area contributed by atoms with E-state index >= 15 is 0 Å². The molecule has 3 rings (SSSR count). The second kappa shape index (κ2) is 9.21. The molecule has 0 unspecified atom stereocenters. The maximum atomic E-state index is 12.2. The summed E-state index contributed by atoms with van der Waals surface area (Å²) in [5.74, 6) is 0.0788. The Morgan fingerprint density at radius 1 is 1.14 bits per heavy atom. The fourth-order valence-electron chi connectivity index (χ4n) is 2.23. The molecule has 10 heteroatoms. The number of hydrogen-bond acceptors (Lipinski definition) is 7. The number of carbonyl (C=O) groups excluding carboxylic acids is 1. The molecular weight excluding hydrogens is 480 g/mol. The van der Waals surface area contributed by atoms with Crippen LogP contribution in [0.5, 0.6) is 11.5 Å². The number of carbonyl (C=O) groups is 1. The van der Waals surface area contributed by atoms with E-state index in [0.29, 0.717) is 16.2 Å². The number of nitrogens with one attached hydrogen (secondary N) is 1. The molecular formula is C19H15BrN2O5S2. The lowest BCUT2D eigenvalue weighted by Gasteiger charge is -2.09. The largest absolute Gasteiger partial charge is 0.493 e. The Balaban J connectivity index is 1.71. The van der Waals surface area contributed by atoms with Crippen molar-refractivity contribution in [3.05, 3.63) is 74.9 Å². The van der Waals surface area contributed by atoms with Gasteiger partial charge in [-0.3, -0.25) is 0 Å². The van der Waals surface area contributed by atoms with Crippen molar-refractivity contribution in [3.8, 4) is 11.5 Å². The minimum Gasteiger partial charge on any atom is -0.493 e. The lowest BCUT2D eigenvalue weighted by atomic mass is 10.2. The highest BCUT2D eigenvalue weighted by molar-refractivity contribution is 9.10. The van der Waals surface area contributed by atoms with Crippen LogP contribution in [0.4, 0.5) is 0 Å². The molecule has 0 aliphatic carbocycles. The van der Waals surface area contributed by atoms with Gasteiger partial charge in [0.1, 0.15) is 4.88 Å². The Bertz CT molecular complexity index is 1130. The monoisotopic (exact) mass is 494 g/mol. The van der Waals surface area contributed by atoms with E-state index in [1.807, 2.05) is 0 Å². The Labute approximate surface area is 180 Å². The zero-order chi connectivity index (χ0) is 20.9. The molecule has 0 spiro atoms. The molecule has 2 aromatic carbocycles. The number of rotatable bonds is 7. The Kier molecular flexibility index (Phi) is 6.68. The number of methoxy groups -OCH3 is 1. The molecule has 150 valence electrons. The molecule has 0 radical (unpaired) electrons. The van der Waals surface area contributed by atoms with E-state index in [4.69, 9.17) is 9.47 Å². The number of sulfonamides is 1. The number of ether oxygens (including phenoxy) is 2. The Hall–Kier alpha value is -2.69. The number of esters is 1. The molecule has 0 saturated heterocycles. The third-order valence-corrected chi connectivity index (χ3v) is 6.24.